The summed E-state index contributed by atoms with van der Waals surface area (Å²) < 4.78 is 0. The lowest BCUT2D eigenvalue weighted by atomic mass is 10.6. The molecule has 1 atom stereocenters. The van der Waals surface area contributed by atoms with E-state index in [0.29, 0.717) is 0 Å². The van der Waals surface area contributed by atoms with E-state index < -0.39 is 0 Å². The molecule has 0 radical (unpaired) electrons. The zero-order chi connectivity index (χ0) is 4.78. The molecule has 0 bridgehead atoms. The quantitative estimate of drug-likeness (QED) is 0.408. The molecular weight excluding hydrogens is 92.1 g/mol. The van der Waals surface area contributed by atoms with Crippen molar-refractivity contribution in [3.63, 3.8) is 0 Å². The molecule has 1 unspecified atom stereocenters. The molecule has 1 aliphatic heterocycles. The van der Waals surface area contributed by atoms with Gasteiger partial charge in [-0.2, -0.15) is 0 Å². The summed E-state index contributed by atoms with van der Waals surface area (Å²) in [5.74, 6) is 1.52. The topological polar surface area (TPSA) is 0 Å². The Labute approximate surface area is 41.3 Å². The SMILES string of the molecule is CC1CS1(C)C. The first kappa shape index (κ1) is 4.51. The fourth-order valence-corrected chi connectivity index (χ4v) is 2.51. The maximum absolute atomic E-state index is 2.40. The van der Waals surface area contributed by atoms with Gasteiger partial charge in [0, 0.05) is 0 Å². The summed E-state index contributed by atoms with van der Waals surface area (Å²) in [6, 6.07) is 0. The molecule has 1 fully saturated rings. The van der Waals surface area contributed by atoms with Gasteiger partial charge in [-0.1, -0.05) is 6.92 Å². The zero-order valence-electron chi connectivity index (χ0n) is 4.69. The van der Waals surface area contributed by atoms with Gasteiger partial charge in [0.25, 0.3) is 0 Å². The molecule has 0 N–H and O–H groups in total. The molecule has 0 aliphatic carbocycles. The van der Waals surface area contributed by atoms with Crippen LogP contribution >= 0.6 is 10.0 Å². The molecule has 1 aliphatic rings. The van der Waals surface area contributed by atoms with Gasteiger partial charge in [0.15, 0.2) is 0 Å². The molecular formula is C5H12S. The van der Waals surface area contributed by atoms with E-state index in [2.05, 4.69) is 19.4 Å². The Hall–Kier alpha value is 0.350. The largest absolute Gasteiger partial charge is 0.242 e. The number of hydrogen-bond acceptors (Lipinski definition) is 0. The van der Waals surface area contributed by atoms with Crippen LogP contribution in [0.4, 0.5) is 0 Å². The summed E-state index contributed by atoms with van der Waals surface area (Å²) in [5.41, 5.74) is 0. The predicted molar refractivity (Wildman–Crippen MR) is 33.8 cm³/mol. The normalized spacial score (nSPS) is 44.8. The van der Waals surface area contributed by atoms with E-state index >= 15 is 0 Å². The smallest absolute Gasteiger partial charge is 0.00685 e. The first-order chi connectivity index (χ1) is 2.63. The Morgan fingerprint density at radius 2 is 1.67 bits per heavy atom. The Bertz CT molecular complexity index is 66.3. The van der Waals surface area contributed by atoms with Crippen molar-refractivity contribution in [1.82, 2.24) is 0 Å². The van der Waals surface area contributed by atoms with E-state index in [-0.39, 0.29) is 10.0 Å². The Kier molecular flexibility index (Phi) is 0.710. The molecule has 0 nitrogen and oxygen atoms in total. The van der Waals surface area contributed by atoms with Gasteiger partial charge >= 0.3 is 0 Å². The fraction of sp³-hybridized carbons (Fsp3) is 1.00. The summed E-state index contributed by atoms with van der Waals surface area (Å²) in [6.45, 7) is 2.34. The number of rotatable bonds is 0. The molecule has 1 rings (SSSR count). The van der Waals surface area contributed by atoms with Gasteiger partial charge in [-0.15, -0.1) is 0 Å². The lowest BCUT2D eigenvalue weighted by molar-refractivity contribution is 1.25. The molecule has 0 aromatic rings. The van der Waals surface area contributed by atoms with Gasteiger partial charge in [0.1, 0.15) is 0 Å². The van der Waals surface area contributed by atoms with Crippen molar-refractivity contribution in [2.75, 3.05) is 18.3 Å². The third kappa shape index (κ3) is 0.558. The van der Waals surface area contributed by atoms with E-state index in [4.69, 9.17) is 0 Å². The summed E-state index contributed by atoms with van der Waals surface area (Å²) in [4.78, 5) is 0. The molecule has 1 heterocycles. The van der Waals surface area contributed by atoms with E-state index in [0.717, 1.165) is 5.25 Å². The third-order valence-corrected chi connectivity index (χ3v) is 4.91. The third-order valence-electron chi connectivity index (χ3n) is 1.64. The minimum atomic E-state index is 0.00463. The van der Waals surface area contributed by atoms with Crippen LogP contribution in [0.25, 0.3) is 0 Å². The van der Waals surface area contributed by atoms with Crippen molar-refractivity contribution in [2.24, 2.45) is 0 Å². The average Bonchev–Trinajstić information content (AvgIpc) is 1.73. The first-order valence-corrected chi connectivity index (χ1v) is 5.01. The van der Waals surface area contributed by atoms with Crippen LogP contribution in [0.1, 0.15) is 6.92 Å². The average molecular weight is 104 g/mol. The predicted octanol–water partition coefficient (Wildman–Crippen LogP) is 1.45. The highest BCUT2D eigenvalue weighted by Gasteiger charge is 2.35. The second kappa shape index (κ2) is 0.945. The molecule has 0 aromatic carbocycles. The maximum atomic E-state index is 2.40. The van der Waals surface area contributed by atoms with Gasteiger partial charge in [-0.05, 0) is 23.5 Å². The summed E-state index contributed by atoms with van der Waals surface area (Å²) in [6.07, 6.45) is 4.80. The molecule has 0 aromatic heterocycles. The molecule has 1 saturated heterocycles. The van der Waals surface area contributed by atoms with Crippen molar-refractivity contribution in [3.8, 4) is 0 Å². The van der Waals surface area contributed by atoms with Crippen molar-refractivity contribution in [2.45, 2.75) is 12.2 Å². The van der Waals surface area contributed by atoms with E-state index in [1.165, 1.54) is 5.75 Å². The van der Waals surface area contributed by atoms with E-state index in [9.17, 15) is 0 Å². The molecule has 0 saturated carbocycles. The van der Waals surface area contributed by atoms with E-state index in [1.807, 2.05) is 0 Å². The monoisotopic (exact) mass is 104 g/mol. The Morgan fingerprint density at radius 3 is 1.67 bits per heavy atom. The molecule has 0 amide bonds. The van der Waals surface area contributed by atoms with Crippen LogP contribution in [-0.4, -0.2) is 23.5 Å². The van der Waals surface area contributed by atoms with Gasteiger partial charge < -0.3 is 0 Å². The molecule has 1 heteroatoms. The van der Waals surface area contributed by atoms with Crippen LogP contribution in [0.2, 0.25) is 0 Å². The summed E-state index contributed by atoms with van der Waals surface area (Å²) in [7, 11) is 0.00463. The van der Waals surface area contributed by atoms with Crippen molar-refractivity contribution in [3.05, 3.63) is 0 Å². The highest BCUT2D eigenvalue weighted by Crippen LogP contribution is 2.61. The molecule has 0 spiro atoms. The fourth-order valence-electron chi connectivity index (χ4n) is 0.566. The van der Waals surface area contributed by atoms with Crippen LogP contribution in [0.3, 0.4) is 0 Å². The second-order valence-electron chi connectivity index (χ2n) is 2.60. The van der Waals surface area contributed by atoms with Crippen LogP contribution in [0.5, 0.6) is 0 Å². The second-order valence-corrected chi connectivity index (χ2v) is 6.99. The van der Waals surface area contributed by atoms with Crippen molar-refractivity contribution in [1.29, 1.82) is 0 Å². The van der Waals surface area contributed by atoms with Crippen LogP contribution in [0.15, 0.2) is 0 Å². The van der Waals surface area contributed by atoms with Gasteiger partial charge in [-0.25, -0.2) is 10.0 Å². The highest BCUT2D eigenvalue weighted by atomic mass is 32.3. The van der Waals surface area contributed by atoms with Crippen LogP contribution in [0, 0.1) is 0 Å². The molecule has 6 heavy (non-hydrogen) atoms. The highest BCUT2D eigenvalue weighted by molar-refractivity contribution is 8.39. The zero-order valence-corrected chi connectivity index (χ0v) is 5.51. The van der Waals surface area contributed by atoms with Gasteiger partial charge in [0.2, 0.25) is 0 Å². The number of hydrogen-bond donors (Lipinski definition) is 0. The Morgan fingerprint density at radius 1 is 1.50 bits per heavy atom. The lowest BCUT2D eigenvalue weighted by Crippen LogP contribution is -1.71. The lowest BCUT2D eigenvalue weighted by Gasteiger charge is -2.01. The van der Waals surface area contributed by atoms with Gasteiger partial charge in [-0.3, -0.25) is 0 Å². The summed E-state index contributed by atoms with van der Waals surface area (Å²) >= 11 is 0. The molecule has 38 valence electrons. The minimum Gasteiger partial charge on any atom is -0.242 e. The first-order valence-electron chi connectivity index (χ1n) is 2.33. The van der Waals surface area contributed by atoms with Crippen molar-refractivity contribution >= 4 is 10.0 Å². The van der Waals surface area contributed by atoms with Crippen LogP contribution in [-0.2, 0) is 0 Å². The van der Waals surface area contributed by atoms with Gasteiger partial charge in [0.05, 0.1) is 0 Å². The summed E-state index contributed by atoms with van der Waals surface area (Å²) in [5, 5.41) is 1.08. The maximum Gasteiger partial charge on any atom is -0.00685 e. The van der Waals surface area contributed by atoms with Crippen LogP contribution < -0.4 is 0 Å². The standard InChI is InChI=1S/C5H12S/c1-5-4-6(5,2)3/h5H,4H2,1-3H3. The van der Waals surface area contributed by atoms with E-state index in [1.54, 1.807) is 0 Å². The minimum absolute atomic E-state index is 0.00463. The van der Waals surface area contributed by atoms with Crippen molar-refractivity contribution < 1.29 is 0 Å². The Balaban J connectivity index is 2.41.